The number of carbonyl (C=O) groups excluding carboxylic acids is 1. The summed E-state index contributed by atoms with van der Waals surface area (Å²) in [6.07, 6.45) is 4.05. The molecule has 1 aliphatic rings. The second-order valence-corrected chi connectivity index (χ2v) is 1.61. The molecule has 0 unspecified atom stereocenters. The zero-order chi connectivity index (χ0) is 7.40. The Morgan fingerprint density at radius 3 is 3.20 bits per heavy atom. The summed E-state index contributed by atoms with van der Waals surface area (Å²) in [7, 11) is 0. The van der Waals surface area contributed by atoms with Crippen LogP contribution in [0.25, 0.3) is 0 Å². The lowest BCUT2D eigenvalue weighted by atomic mass is 10.7. The van der Waals surface area contributed by atoms with E-state index in [0.717, 1.165) is 6.08 Å². The average molecular weight is 141 g/mol. The maximum Gasteiger partial charge on any atom is 0.355 e. The molecule has 1 heterocycles. The zero-order valence-corrected chi connectivity index (χ0v) is 5.32. The molecule has 54 valence electrons. The Kier molecular flexibility index (Phi) is 1.94. The highest BCUT2D eigenvalue weighted by molar-refractivity contribution is 5.80. The van der Waals surface area contributed by atoms with E-state index in [-0.39, 0.29) is 6.73 Å². The molecule has 0 atom stereocenters. The number of hydrogen-bond donors (Lipinski definition) is 0. The SMILES string of the molecule is C=CC(=O)ON1C=COC1. The molecule has 4 nitrogen and oxygen atoms in total. The summed E-state index contributed by atoms with van der Waals surface area (Å²) in [6, 6.07) is 0. The first-order valence-corrected chi connectivity index (χ1v) is 2.72. The standard InChI is InChI=1S/C6H7NO3/c1-2-6(8)10-7-3-4-9-5-7/h2-4H,1,5H2. The van der Waals surface area contributed by atoms with Crippen molar-refractivity contribution in [2.45, 2.75) is 0 Å². The third-order valence-corrected chi connectivity index (χ3v) is 0.899. The Hall–Kier alpha value is -1.45. The van der Waals surface area contributed by atoms with Gasteiger partial charge in [-0.05, 0) is 0 Å². The van der Waals surface area contributed by atoms with Crippen LogP contribution in [0, 0.1) is 0 Å². The highest BCUT2D eigenvalue weighted by Crippen LogP contribution is 2.01. The van der Waals surface area contributed by atoms with Gasteiger partial charge < -0.3 is 9.57 Å². The normalized spacial score (nSPS) is 14.6. The Morgan fingerprint density at radius 1 is 1.90 bits per heavy atom. The quantitative estimate of drug-likeness (QED) is 0.521. The number of nitrogens with zero attached hydrogens (tertiary/aromatic N) is 1. The van der Waals surface area contributed by atoms with Gasteiger partial charge in [-0.2, -0.15) is 5.06 Å². The molecule has 4 heteroatoms. The third kappa shape index (κ3) is 1.51. The fourth-order valence-corrected chi connectivity index (χ4v) is 0.480. The predicted molar refractivity (Wildman–Crippen MR) is 33.2 cm³/mol. The van der Waals surface area contributed by atoms with Gasteiger partial charge in [-0.25, -0.2) is 4.79 Å². The Bertz CT molecular complexity index is 176. The molecule has 0 aromatic carbocycles. The molecule has 10 heavy (non-hydrogen) atoms. The van der Waals surface area contributed by atoms with Crippen molar-refractivity contribution in [1.82, 2.24) is 5.06 Å². The molecule has 0 aliphatic carbocycles. The van der Waals surface area contributed by atoms with Gasteiger partial charge in [0.2, 0.25) is 0 Å². The van der Waals surface area contributed by atoms with Crippen LogP contribution in [0.15, 0.2) is 25.1 Å². The number of hydroxylamine groups is 2. The third-order valence-electron chi connectivity index (χ3n) is 0.899. The molecule has 0 aromatic heterocycles. The number of hydrogen-bond acceptors (Lipinski definition) is 4. The smallest absolute Gasteiger partial charge is 0.355 e. The van der Waals surface area contributed by atoms with Crippen LogP contribution in [0.2, 0.25) is 0 Å². The monoisotopic (exact) mass is 141 g/mol. The van der Waals surface area contributed by atoms with Crippen molar-refractivity contribution in [1.29, 1.82) is 0 Å². The molecule has 0 fully saturated rings. The molecule has 0 radical (unpaired) electrons. The van der Waals surface area contributed by atoms with Gasteiger partial charge in [0.25, 0.3) is 0 Å². The van der Waals surface area contributed by atoms with Gasteiger partial charge in [0.05, 0.1) is 6.20 Å². The molecule has 0 aromatic rings. The van der Waals surface area contributed by atoms with E-state index in [9.17, 15) is 4.79 Å². The maximum atomic E-state index is 10.5. The second kappa shape index (κ2) is 2.91. The van der Waals surface area contributed by atoms with E-state index in [0.29, 0.717) is 0 Å². The van der Waals surface area contributed by atoms with Crippen LogP contribution in [-0.4, -0.2) is 17.8 Å². The summed E-state index contributed by atoms with van der Waals surface area (Å²) in [5, 5.41) is 1.27. The van der Waals surface area contributed by atoms with Gasteiger partial charge in [0, 0.05) is 6.08 Å². The number of ether oxygens (including phenoxy) is 1. The second-order valence-electron chi connectivity index (χ2n) is 1.61. The topological polar surface area (TPSA) is 38.8 Å². The Balaban J connectivity index is 2.31. The number of rotatable bonds is 2. The first-order chi connectivity index (χ1) is 4.83. The van der Waals surface area contributed by atoms with Crippen LogP contribution >= 0.6 is 0 Å². The van der Waals surface area contributed by atoms with E-state index < -0.39 is 5.97 Å². The van der Waals surface area contributed by atoms with Crippen molar-refractivity contribution in [3.05, 3.63) is 25.1 Å². The fraction of sp³-hybridized carbons (Fsp3) is 0.167. The molecular formula is C6H7NO3. The highest BCUT2D eigenvalue weighted by Gasteiger charge is 2.07. The maximum absolute atomic E-state index is 10.5. The molecular weight excluding hydrogens is 134 g/mol. The summed E-state index contributed by atoms with van der Waals surface area (Å²) in [5.74, 6) is -0.491. The van der Waals surface area contributed by atoms with Crippen LogP contribution in [0.4, 0.5) is 0 Å². The Labute approximate surface area is 58.3 Å². The van der Waals surface area contributed by atoms with Crippen molar-refractivity contribution in [3.63, 3.8) is 0 Å². The van der Waals surface area contributed by atoms with E-state index in [1.807, 2.05) is 0 Å². The molecule has 1 rings (SSSR count). The van der Waals surface area contributed by atoms with Crippen molar-refractivity contribution < 1.29 is 14.4 Å². The molecule has 0 spiro atoms. The van der Waals surface area contributed by atoms with Crippen molar-refractivity contribution in [2.75, 3.05) is 6.73 Å². The lowest BCUT2D eigenvalue weighted by molar-refractivity contribution is -0.178. The minimum Gasteiger partial charge on any atom is -0.476 e. The van der Waals surface area contributed by atoms with Crippen LogP contribution in [-0.2, 0) is 14.4 Å². The van der Waals surface area contributed by atoms with E-state index in [1.165, 1.54) is 17.5 Å². The Morgan fingerprint density at radius 2 is 2.70 bits per heavy atom. The summed E-state index contributed by atoms with van der Waals surface area (Å²) in [4.78, 5) is 15.1. The van der Waals surface area contributed by atoms with E-state index in [4.69, 9.17) is 4.74 Å². The molecule has 0 saturated heterocycles. The van der Waals surface area contributed by atoms with Gasteiger partial charge in [0.1, 0.15) is 6.26 Å². The molecule has 0 N–H and O–H groups in total. The predicted octanol–water partition coefficient (Wildman–Crippen LogP) is 0.391. The largest absolute Gasteiger partial charge is 0.476 e. The van der Waals surface area contributed by atoms with E-state index >= 15 is 0 Å². The molecule has 0 amide bonds. The van der Waals surface area contributed by atoms with E-state index in [1.54, 1.807) is 0 Å². The van der Waals surface area contributed by atoms with Crippen LogP contribution < -0.4 is 0 Å². The zero-order valence-electron chi connectivity index (χ0n) is 5.32. The van der Waals surface area contributed by atoms with Gasteiger partial charge in [0.15, 0.2) is 6.73 Å². The lowest BCUT2D eigenvalue weighted by Crippen LogP contribution is -2.19. The van der Waals surface area contributed by atoms with Crippen molar-refractivity contribution >= 4 is 5.97 Å². The van der Waals surface area contributed by atoms with Crippen LogP contribution in [0.1, 0.15) is 0 Å². The summed E-state index contributed by atoms with van der Waals surface area (Å²) in [5.41, 5.74) is 0. The van der Waals surface area contributed by atoms with Gasteiger partial charge in [-0.15, -0.1) is 0 Å². The summed E-state index contributed by atoms with van der Waals surface area (Å²) in [6.45, 7) is 3.49. The average Bonchev–Trinajstić information content (AvgIpc) is 2.40. The first-order valence-electron chi connectivity index (χ1n) is 2.72. The molecule has 1 aliphatic heterocycles. The lowest BCUT2D eigenvalue weighted by Gasteiger charge is -2.10. The van der Waals surface area contributed by atoms with Crippen molar-refractivity contribution in [3.8, 4) is 0 Å². The van der Waals surface area contributed by atoms with Crippen molar-refractivity contribution in [2.24, 2.45) is 0 Å². The minimum atomic E-state index is -0.491. The number of carbonyl (C=O) groups is 1. The van der Waals surface area contributed by atoms with Gasteiger partial charge >= 0.3 is 5.97 Å². The minimum absolute atomic E-state index is 0.250. The van der Waals surface area contributed by atoms with Crippen LogP contribution in [0.3, 0.4) is 0 Å². The molecule has 0 bridgehead atoms. The first kappa shape index (κ1) is 6.67. The van der Waals surface area contributed by atoms with Crippen LogP contribution in [0.5, 0.6) is 0 Å². The van der Waals surface area contributed by atoms with Gasteiger partial charge in [-0.3, -0.25) is 0 Å². The highest BCUT2D eigenvalue weighted by atomic mass is 16.7. The summed E-state index contributed by atoms with van der Waals surface area (Å²) >= 11 is 0. The van der Waals surface area contributed by atoms with Gasteiger partial charge in [-0.1, -0.05) is 6.58 Å². The summed E-state index contributed by atoms with van der Waals surface area (Å²) < 4.78 is 4.74. The molecule has 0 saturated carbocycles. The fourth-order valence-electron chi connectivity index (χ4n) is 0.480. The van der Waals surface area contributed by atoms with E-state index in [2.05, 4.69) is 11.4 Å².